The van der Waals surface area contributed by atoms with Crippen LogP contribution in [0.15, 0.2) is 115 Å². The van der Waals surface area contributed by atoms with Gasteiger partial charge in [-0.1, -0.05) is 91.0 Å². The summed E-state index contributed by atoms with van der Waals surface area (Å²) in [6, 6.07) is 37.7. The van der Waals surface area contributed by atoms with Crippen LogP contribution in [0.5, 0.6) is 23.0 Å². The van der Waals surface area contributed by atoms with E-state index in [9.17, 15) is 0 Å². The lowest BCUT2D eigenvalue weighted by molar-refractivity contribution is 0.463. The summed E-state index contributed by atoms with van der Waals surface area (Å²) in [6.45, 7) is 0. The van der Waals surface area contributed by atoms with Crippen LogP contribution in [-0.2, 0) is 4.57 Å². The number of para-hydroxylation sites is 2. The molecule has 0 N–H and O–H groups in total. The fraction of sp³-hybridized carbons (Fsp3) is 0. The second-order valence-electron chi connectivity index (χ2n) is 8.46. The van der Waals surface area contributed by atoms with Crippen LogP contribution >= 0.6 is 7.14 Å². The van der Waals surface area contributed by atoms with Gasteiger partial charge in [-0.25, -0.2) is 0 Å². The predicted molar refractivity (Wildman–Crippen MR) is 137 cm³/mol. The van der Waals surface area contributed by atoms with Gasteiger partial charge in [0.25, 0.3) is 0 Å². The van der Waals surface area contributed by atoms with E-state index >= 15 is 4.57 Å². The minimum Gasteiger partial charge on any atom is -0.455 e. The van der Waals surface area contributed by atoms with Crippen LogP contribution in [0.3, 0.4) is 0 Å². The first-order valence-corrected chi connectivity index (χ1v) is 12.9. The first kappa shape index (κ1) is 19.4. The van der Waals surface area contributed by atoms with Gasteiger partial charge in [-0.3, -0.25) is 0 Å². The Morgan fingerprint density at radius 1 is 0.471 bits per heavy atom. The standard InChI is InChI=1S/C30H19O3P/c31-34-26-18-7-14-22(20-10-3-1-4-11-20)28(26)32-24-16-9-17-25(30(24)34)33-29-23(15-8-19-27(29)34)21-12-5-2-6-13-21/h1-19H. The minimum absolute atomic E-state index is 0.590. The molecule has 0 unspecified atom stereocenters. The fourth-order valence-corrected chi connectivity index (χ4v) is 8.12. The topological polar surface area (TPSA) is 35.5 Å². The lowest BCUT2D eigenvalue weighted by Crippen LogP contribution is -2.35. The molecule has 162 valence electrons. The number of rotatable bonds is 2. The van der Waals surface area contributed by atoms with Crippen molar-refractivity contribution in [1.82, 2.24) is 0 Å². The number of hydrogen-bond donors (Lipinski definition) is 0. The Hall–Kier alpha value is -4.07. The second kappa shape index (κ2) is 7.21. The first-order chi connectivity index (χ1) is 16.7. The molecule has 0 amide bonds. The van der Waals surface area contributed by atoms with Crippen LogP contribution in [0.2, 0.25) is 0 Å². The summed E-state index contributed by atoms with van der Waals surface area (Å²) in [5.74, 6) is 2.49. The van der Waals surface area contributed by atoms with Gasteiger partial charge >= 0.3 is 0 Å². The van der Waals surface area contributed by atoms with Crippen molar-refractivity contribution in [3.05, 3.63) is 115 Å². The van der Waals surface area contributed by atoms with Crippen molar-refractivity contribution >= 4 is 23.1 Å². The van der Waals surface area contributed by atoms with Crippen molar-refractivity contribution in [2.24, 2.45) is 0 Å². The van der Waals surface area contributed by atoms with Crippen molar-refractivity contribution in [1.29, 1.82) is 0 Å². The van der Waals surface area contributed by atoms with E-state index in [1.54, 1.807) is 0 Å². The molecule has 2 aliphatic heterocycles. The molecule has 7 rings (SSSR count). The maximum atomic E-state index is 15.3. The Kier molecular flexibility index (Phi) is 4.12. The SMILES string of the molecule is O=P12c3cccc(-c4ccccc4)c3Oc3cccc(c31)Oc1c(-c3ccccc3)cccc12. The van der Waals surface area contributed by atoms with E-state index in [-0.39, 0.29) is 0 Å². The lowest BCUT2D eigenvalue weighted by atomic mass is 10.0. The zero-order valence-electron chi connectivity index (χ0n) is 18.1. The highest BCUT2D eigenvalue weighted by atomic mass is 31.2. The molecule has 4 heteroatoms. The Morgan fingerprint density at radius 3 is 1.38 bits per heavy atom. The van der Waals surface area contributed by atoms with Gasteiger partial charge in [0.05, 0.1) is 10.6 Å². The average Bonchev–Trinajstić information content (AvgIpc) is 2.89. The van der Waals surface area contributed by atoms with E-state index in [4.69, 9.17) is 9.47 Å². The summed E-state index contributed by atoms with van der Waals surface area (Å²) < 4.78 is 28.3. The van der Waals surface area contributed by atoms with E-state index < -0.39 is 7.14 Å². The largest absolute Gasteiger partial charge is 0.455 e. The Morgan fingerprint density at radius 2 is 0.912 bits per heavy atom. The van der Waals surface area contributed by atoms with E-state index in [0.29, 0.717) is 38.9 Å². The van der Waals surface area contributed by atoms with Gasteiger partial charge in [0.1, 0.15) is 28.3 Å². The molecule has 0 radical (unpaired) electrons. The summed E-state index contributed by atoms with van der Waals surface area (Å²) in [5.41, 5.74) is 3.91. The van der Waals surface area contributed by atoms with Crippen molar-refractivity contribution in [3.8, 4) is 45.3 Å². The molecule has 0 saturated carbocycles. The summed E-state index contributed by atoms with van der Waals surface area (Å²) >= 11 is 0. The molecular weight excluding hydrogens is 439 g/mol. The Bertz CT molecular complexity index is 1510. The first-order valence-electron chi connectivity index (χ1n) is 11.2. The van der Waals surface area contributed by atoms with Crippen LogP contribution < -0.4 is 25.4 Å². The summed E-state index contributed by atoms with van der Waals surface area (Å²) in [7, 11) is -3.26. The van der Waals surface area contributed by atoms with Gasteiger partial charge < -0.3 is 14.0 Å². The predicted octanol–water partition coefficient (Wildman–Crippen LogP) is 6.87. The normalized spacial score (nSPS) is 14.1. The van der Waals surface area contributed by atoms with Crippen LogP contribution in [0.4, 0.5) is 0 Å². The monoisotopic (exact) mass is 458 g/mol. The Labute approximate surface area is 197 Å². The van der Waals surface area contributed by atoms with E-state index in [1.807, 2.05) is 115 Å². The molecule has 34 heavy (non-hydrogen) atoms. The van der Waals surface area contributed by atoms with Crippen molar-refractivity contribution in [2.75, 3.05) is 0 Å². The van der Waals surface area contributed by atoms with E-state index in [1.165, 1.54) is 0 Å². The van der Waals surface area contributed by atoms with Crippen molar-refractivity contribution in [3.63, 3.8) is 0 Å². The molecule has 0 bridgehead atoms. The summed E-state index contributed by atoms with van der Waals surface area (Å²) in [6.07, 6.45) is 0. The van der Waals surface area contributed by atoms with E-state index in [2.05, 4.69) is 0 Å². The molecule has 3 nitrogen and oxygen atoms in total. The smallest absolute Gasteiger partial charge is 0.185 e. The van der Waals surface area contributed by atoms with Crippen LogP contribution in [0.1, 0.15) is 0 Å². The fourth-order valence-electron chi connectivity index (χ4n) is 5.02. The molecule has 5 aromatic rings. The van der Waals surface area contributed by atoms with Crippen molar-refractivity contribution < 1.29 is 14.0 Å². The van der Waals surface area contributed by atoms with Gasteiger partial charge in [0.2, 0.25) is 0 Å². The maximum absolute atomic E-state index is 15.3. The quantitative estimate of drug-likeness (QED) is 0.265. The highest BCUT2D eigenvalue weighted by Gasteiger charge is 2.47. The molecule has 5 aromatic carbocycles. The molecule has 2 aliphatic rings. The molecule has 2 heterocycles. The third-order valence-electron chi connectivity index (χ3n) is 6.54. The number of fused-ring (bicyclic) bond motifs is 4. The third kappa shape index (κ3) is 2.62. The average molecular weight is 458 g/mol. The van der Waals surface area contributed by atoms with Gasteiger partial charge in [-0.2, -0.15) is 0 Å². The summed E-state index contributed by atoms with van der Waals surface area (Å²) in [5, 5.41) is 2.07. The van der Waals surface area contributed by atoms with Gasteiger partial charge in [0, 0.05) is 11.1 Å². The molecule has 0 fully saturated rings. The number of ether oxygens (including phenoxy) is 2. The molecular formula is C30H19O3P. The zero-order valence-corrected chi connectivity index (χ0v) is 19.0. The van der Waals surface area contributed by atoms with Gasteiger partial charge in [-0.15, -0.1) is 0 Å². The van der Waals surface area contributed by atoms with Crippen LogP contribution in [-0.4, -0.2) is 0 Å². The molecule has 0 aromatic heterocycles. The van der Waals surface area contributed by atoms with Crippen LogP contribution in [0.25, 0.3) is 22.3 Å². The lowest BCUT2D eigenvalue weighted by Gasteiger charge is -2.35. The van der Waals surface area contributed by atoms with Crippen molar-refractivity contribution in [2.45, 2.75) is 0 Å². The third-order valence-corrected chi connectivity index (χ3v) is 9.67. The zero-order chi connectivity index (χ0) is 22.7. The molecule has 0 saturated heterocycles. The highest BCUT2D eigenvalue weighted by Crippen LogP contribution is 2.60. The summed E-state index contributed by atoms with van der Waals surface area (Å²) in [4.78, 5) is 0. The van der Waals surface area contributed by atoms with E-state index in [0.717, 1.165) is 22.3 Å². The molecule has 0 atom stereocenters. The van der Waals surface area contributed by atoms with Gasteiger partial charge in [-0.05, 0) is 35.4 Å². The highest BCUT2D eigenvalue weighted by molar-refractivity contribution is 7.86. The number of hydrogen-bond acceptors (Lipinski definition) is 3. The van der Waals surface area contributed by atoms with Gasteiger partial charge in [0.15, 0.2) is 7.14 Å². The minimum atomic E-state index is -3.26. The molecule has 0 spiro atoms. The molecule has 0 aliphatic carbocycles. The number of benzene rings is 5. The maximum Gasteiger partial charge on any atom is 0.185 e. The Balaban J connectivity index is 1.56. The second-order valence-corrected chi connectivity index (χ2v) is 11.1. The van der Waals surface area contributed by atoms with Crippen LogP contribution in [0, 0.1) is 0 Å².